The first-order valence-electron chi connectivity index (χ1n) is 14.1. The molecule has 1 amide bonds. The minimum atomic E-state index is -0.296. The number of anilines is 4. The van der Waals surface area contributed by atoms with Gasteiger partial charge in [0.1, 0.15) is 16.2 Å². The Balaban J connectivity index is 1.28. The van der Waals surface area contributed by atoms with Gasteiger partial charge < -0.3 is 34.6 Å². The van der Waals surface area contributed by atoms with Crippen LogP contribution in [-0.2, 0) is 9.53 Å². The van der Waals surface area contributed by atoms with E-state index in [1.54, 1.807) is 18.2 Å². The zero-order valence-corrected chi connectivity index (χ0v) is 24.4. The second kappa shape index (κ2) is 12.8. The predicted octanol–water partition coefficient (Wildman–Crippen LogP) is 6.01. The second-order valence-electron chi connectivity index (χ2n) is 10.3. The molecule has 10 nitrogen and oxygen atoms in total. The Hall–Kier alpha value is -4.19. The highest BCUT2D eigenvalue weighted by Gasteiger charge is 2.21. The number of nitrogens with zero attached hydrogens (tertiary/aromatic N) is 4. The Labute approximate surface area is 248 Å². The van der Waals surface area contributed by atoms with Gasteiger partial charge in [-0.25, -0.2) is 4.98 Å². The van der Waals surface area contributed by atoms with Crippen LogP contribution in [0.2, 0.25) is 0 Å². The Morgan fingerprint density at radius 2 is 2.00 bits per heavy atom. The van der Waals surface area contributed by atoms with E-state index >= 15 is 0 Å². The molecule has 0 spiro atoms. The molecule has 1 unspecified atom stereocenters. The predicted molar refractivity (Wildman–Crippen MR) is 166 cm³/mol. The van der Waals surface area contributed by atoms with Gasteiger partial charge in [0, 0.05) is 56.1 Å². The second-order valence-corrected chi connectivity index (χ2v) is 11.2. The van der Waals surface area contributed by atoms with Crippen LogP contribution in [0.25, 0.3) is 10.2 Å². The van der Waals surface area contributed by atoms with E-state index in [1.165, 1.54) is 17.4 Å². The number of fused-ring (bicyclic) bond motifs is 1. The highest BCUT2D eigenvalue weighted by Crippen LogP contribution is 2.37. The first-order chi connectivity index (χ1) is 20.5. The van der Waals surface area contributed by atoms with Crippen molar-refractivity contribution in [1.29, 1.82) is 0 Å². The number of hydrogen-bond acceptors (Lipinski definition) is 10. The van der Waals surface area contributed by atoms with Gasteiger partial charge in [0.2, 0.25) is 17.7 Å². The third-order valence-corrected chi connectivity index (χ3v) is 8.14. The van der Waals surface area contributed by atoms with Gasteiger partial charge >= 0.3 is 0 Å². The number of benzene rings is 2. The van der Waals surface area contributed by atoms with E-state index in [9.17, 15) is 4.79 Å². The Morgan fingerprint density at radius 1 is 1.12 bits per heavy atom. The summed E-state index contributed by atoms with van der Waals surface area (Å²) in [6, 6.07) is 15.3. The summed E-state index contributed by atoms with van der Waals surface area (Å²) in [5.74, 6) is 1.73. The summed E-state index contributed by atoms with van der Waals surface area (Å²) in [5, 5.41) is 8.09. The lowest BCUT2D eigenvalue weighted by molar-refractivity contribution is -0.111. The molecule has 0 aliphatic carbocycles. The van der Waals surface area contributed by atoms with E-state index in [-0.39, 0.29) is 12.2 Å². The number of amides is 1. The van der Waals surface area contributed by atoms with Crippen LogP contribution in [0.15, 0.2) is 66.6 Å². The van der Waals surface area contributed by atoms with Crippen LogP contribution in [0.3, 0.4) is 0 Å². The highest BCUT2D eigenvalue weighted by molar-refractivity contribution is 7.17. The van der Waals surface area contributed by atoms with Crippen molar-refractivity contribution >= 4 is 50.5 Å². The molecule has 6 rings (SSSR count). The van der Waals surface area contributed by atoms with Crippen molar-refractivity contribution in [3.05, 3.63) is 66.6 Å². The van der Waals surface area contributed by atoms with Crippen molar-refractivity contribution in [1.82, 2.24) is 14.9 Å². The summed E-state index contributed by atoms with van der Waals surface area (Å²) >= 11 is 1.50. The van der Waals surface area contributed by atoms with E-state index in [2.05, 4.69) is 46.2 Å². The van der Waals surface area contributed by atoms with Crippen molar-refractivity contribution in [2.75, 3.05) is 55.4 Å². The van der Waals surface area contributed by atoms with Gasteiger partial charge in [-0.2, -0.15) is 4.98 Å². The number of aromatic nitrogens is 2. The summed E-state index contributed by atoms with van der Waals surface area (Å²) in [5.41, 5.74) is 3.22. The maximum atomic E-state index is 11.8. The van der Waals surface area contributed by atoms with E-state index < -0.39 is 0 Å². The number of thiophene rings is 1. The van der Waals surface area contributed by atoms with Crippen LogP contribution < -0.4 is 25.0 Å². The Bertz CT molecular complexity index is 1560. The molecule has 2 saturated heterocycles. The van der Waals surface area contributed by atoms with Gasteiger partial charge in [0.15, 0.2) is 6.29 Å². The molecule has 218 valence electrons. The number of rotatable bonds is 9. The van der Waals surface area contributed by atoms with Gasteiger partial charge in [-0.05, 0) is 61.7 Å². The van der Waals surface area contributed by atoms with Crippen LogP contribution in [0.5, 0.6) is 17.4 Å². The fourth-order valence-corrected chi connectivity index (χ4v) is 5.70. The van der Waals surface area contributed by atoms with Crippen molar-refractivity contribution < 1.29 is 19.0 Å². The minimum absolute atomic E-state index is 0.295. The summed E-state index contributed by atoms with van der Waals surface area (Å²) in [4.78, 5) is 26.0. The molecule has 4 aromatic rings. The molecule has 0 radical (unpaired) electrons. The number of hydrogen-bond donors (Lipinski definition) is 2. The zero-order chi connectivity index (χ0) is 28.9. The van der Waals surface area contributed by atoms with E-state index in [1.807, 2.05) is 23.6 Å². The lowest BCUT2D eigenvalue weighted by Crippen LogP contribution is -2.44. The third kappa shape index (κ3) is 6.64. The number of nitrogens with one attached hydrogen (secondary N) is 2. The van der Waals surface area contributed by atoms with Crippen molar-refractivity contribution in [3.63, 3.8) is 0 Å². The fraction of sp³-hybridized carbons (Fsp3) is 0.323. The quantitative estimate of drug-likeness (QED) is 0.228. The molecule has 1 atom stereocenters. The number of piperazine rings is 1. The zero-order valence-electron chi connectivity index (χ0n) is 23.5. The minimum Gasteiger partial charge on any atom is -0.463 e. The average Bonchev–Trinajstić information content (AvgIpc) is 3.48. The molecule has 2 fully saturated rings. The van der Waals surface area contributed by atoms with Crippen molar-refractivity contribution in [2.24, 2.45) is 0 Å². The van der Waals surface area contributed by atoms with Crippen LogP contribution in [0.4, 0.5) is 23.0 Å². The SMILES string of the molecule is C=CC(=O)Nc1cccc(Oc2nc(Nc3ccc(N4CCN(C)CC4)cc3OC3CCCCO3)nc3ccsc23)c1. The maximum absolute atomic E-state index is 11.8. The normalized spacial score (nSPS) is 17.5. The lowest BCUT2D eigenvalue weighted by atomic mass is 10.2. The largest absolute Gasteiger partial charge is 0.463 e. The molecule has 0 saturated carbocycles. The first-order valence-corrected chi connectivity index (χ1v) is 15.0. The van der Waals surface area contributed by atoms with Crippen LogP contribution in [0, 0.1) is 0 Å². The molecule has 2 aliphatic rings. The maximum Gasteiger partial charge on any atom is 0.247 e. The summed E-state index contributed by atoms with van der Waals surface area (Å²) in [6.07, 6.45) is 3.89. The Kier molecular flexibility index (Phi) is 8.50. The lowest BCUT2D eigenvalue weighted by Gasteiger charge is -2.34. The summed E-state index contributed by atoms with van der Waals surface area (Å²) in [6.45, 7) is 8.15. The van der Waals surface area contributed by atoms with Gasteiger partial charge in [-0.1, -0.05) is 12.6 Å². The molecule has 2 N–H and O–H groups in total. The third-order valence-electron chi connectivity index (χ3n) is 7.25. The van der Waals surface area contributed by atoms with Crippen molar-refractivity contribution in [2.45, 2.75) is 25.6 Å². The first kappa shape index (κ1) is 28.0. The molecule has 2 aromatic carbocycles. The smallest absolute Gasteiger partial charge is 0.247 e. The fourth-order valence-electron chi connectivity index (χ4n) is 4.94. The van der Waals surface area contributed by atoms with Crippen LogP contribution in [-0.4, -0.2) is 66.9 Å². The molecule has 4 heterocycles. The highest BCUT2D eigenvalue weighted by atomic mass is 32.1. The van der Waals surface area contributed by atoms with Gasteiger partial charge in [0.05, 0.1) is 17.8 Å². The van der Waals surface area contributed by atoms with Gasteiger partial charge in [-0.15, -0.1) is 11.3 Å². The van der Waals surface area contributed by atoms with E-state index in [0.717, 1.165) is 67.0 Å². The number of carbonyl (C=O) groups is 1. The Morgan fingerprint density at radius 3 is 2.81 bits per heavy atom. The van der Waals surface area contributed by atoms with Gasteiger partial charge in [0.25, 0.3) is 0 Å². The topological polar surface area (TPSA) is 101 Å². The van der Waals surface area contributed by atoms with Crippen LogP contribution >= 0.6 is 11.3 Å². The van der Waals surface area contributed by atoms with E-state index in [4.69, 9.17) is 24.2 Å². The number of likely N-dealkylation sites (N-methyl/N-ethyl adjacent to an activating group) is 1. The molecular formula is C31H34N6O4S. The monoisotopic (exact) mass is 586 g/mol. The van der Waals surface area contributed by atoms with Crippen LogP contribution in [0.1, 0.15) is 19.3 Å². The standard InChI is InChI=1S/C31H34N6O4S/c1-3-27(38)32-21-7-6-8-23(19-21)40-30-29-25(12-18-42-29)34-31(35-30)33-24-11-10-22(37-15-13-36(2)14-16-37)20-26(24)41-28-9-4-5-17-39-28/h3,6-8,10-12,18-20,28H,1,4-5,9,13-17H2,2H3,(H,32,38)(H,33,34,35). The van der Waals surface area contributed by atoms with E-state index in [0.29, 0.717) is 35.6 Å². The van der Waals surface area contributed by atoms with Gasteiger partial charge in [-0.3, -0.25) is 4.79 Å². The average molecular weight is 587 g/mol. The number of carbonyl (C=O) groups excluding carboxylic acids is 1. The number of ether oxygens (including phenoxy) is 3. The molecule has 42 heavy (non-hydrogen) atoms. The summed E-state index contributed by atoms with van der Waals surface area (Å²) < 4.78 is 19.4. The van der Waals surface area contributed by atoms with Crippen molar-refractivity contribution in [3.8, 4) is 17.4 Å². The molecular weight excluding hydrogens is 552 g/mol. The molecule has 2 aromatic heterocycles. The molecule has 11 heteroatoms. The molecule has 0 bridgehead atoms. The molecule has 2 aliphatic heterocycles. The summed E-state index contributed by atoms with van der Waals surface area (Å²) in [7, 11) is 2.15.